The molecule has 94 valence electrons. The van der Waals surface area contributed by atoms with Crippen molar-refractivity contribution in [3.63, 3.8) is 0 Å². The van der Waals surface area contributed by atoms with Crippen molar-refractivity contribution in [3.8, 4) is 6.07 Å². The second-order valence-electron chi connectivity index (χ2n) is 4.43. The molecule has 1 fully saturated rings. The lowest BCUT2D eigenvalue weighted by Crippen LogP contribution is -2.41. The third-order valence-electron chi connectivity index (χ3n) is 3.05. The standard InChI is InChI=1S/C13H16N4O/c14-6-5-9-7-10(1-3-12(9)15)17-11-2-4-13(18)16-8-11/h1,3,7,11,17H,2,4-5,8,15H2,(H,16,18). The van der Waals surface area contributed by atoms with E-state index >= 15 is 0 Å². The van der Waals surface area contributed by atoms with Gasteiger partial charge in [-0.2, -0.15) is 5.26 Å². The normalized spacial score (nSPS) is 18.8. The molecule has 5 heteroatoms. The van der Waals surface area contributed by atoms with E-state index < -0.39 is 0 Å². The van der Waals surface area contributed by atoms with E-state index in [9.17, 15) is 4.79 Å². The van der Waals surface area contributed by atoms with Crippen molar-refractivity contribution in [3.05, 3.63) is 23.8 Å². The number of nitrogens with one attached hydrogen (secondary N) is 2. The van der Waals surface area contributed by atoms with Crippen LogP contribution in [0.2, 0.25) is 0 Å². The second-order valence-corrected chi connectivity index (χ2v) is 4.43. The number of carbonyl (C=O) groups excluding carboxylic acids is 1. The Morgan fingerprint density at radius 3 is 3.06 bits per heavy atom. The van der Waals surface area contributed by atoms with Gasteiger partial charge in [-0.25, -0.2) is 0 Å². The fraction of sp³-hybridized carbons (Fsp3) is 0.385. The molecule has 1 atom stereocenters. The molecule has 0 saturated carbocycles. The first-order valence-electron chi connectivity index (χ1n) is 5.97. The SMILES string of the molecule is N#CCc1cc(NC2CCC(=O)NC2)ccc1N. The van der Waals surface area contributed by atoms with Crippen molar-refractivity contribution in [2.24, 2.45) is 0 Å². The van der Waals surface area contributed by atoms with E-state index in [1.807, 2.05) is 12.1 Å². The Morgan fingerprint density at radius 2 is 2.39 bits per heavy atom. The largest absolute Gasteiger partial charge is 0.398 e. The van der Waals surface area contributed by atoms with E-state index in [1.165, 1.54) is 0 Å². The molecule has 0 spiro atoms. The van der Waals surface area contributed by atoms with E-state index in [0.717, 1.165) is 17.7 Å². The molecule has 1 aliphatic heterocycles. The van der Waals surface area contributed by atoms with Crippen LogP contribution in [0, 0.1) is 11.3 Å². The van der Waals surface area contributed by atoms with Gasteiger partial charge in [0.1, 0.15) is 0 Å². The highest BCUT2D eigenvalue weighted by Crippen LogP contribution is 2.20. The molecule has 0 radical (unpaired) electrons. The lowest BCUT2D eigenvalue weighted by molar-refractivity contribution is -0.122. The maximum atomic E-state index is 11.1. The number of hydrogen-bond donors (Lipinski definition) is 3. The topological polar surface area (TPSA) is 90.9 Å². The van der Waals surface area contributed by atoms with Gasteiger partial charge in [0.15, 0.2) is 0 Å². The fourth-order valence-electron chi connectivity index (χ4n) is 2.03. The van der Waals surface area contributed by atoms with Crippen LogP contribution in [-0.2, 0) is 11.2 Å². The molecule has 1 unspecified atom stereocenters. The second kappa shape index (κ2) is 5.41. The van der Waals surface area contributed by atoms with Crippen molar-refractivity contribution >= 4 is 17.3 Å². The Hall–Kier alpha value is -2.22. The number of hydrogen-bond acceptors (Lipinski definition) is 4. The lowest BCUT2D eigenvalue weighted by Gasteiger charge is -2.24. The number of amides is 1. The summed E-state index contributed by atoms with van der Waals surface area (Å²) in [5, 5.41) is 14.9. The summed E-state index contributed by atoms with van der Waals surface area (Å²) in [6, 6.07) is 7.93. The Balaban J connectivity index is 2.03. The highest BCUT2D eigenvalue weighted by atomic mass is 16.1. The fourth-order valence-corrected chi connectivity index (χ4v) is 2.03. The molecule has 5 nitrogen and oxygen atoms in total. The minimum Gasteiger partial charge on any atom is -0.398 e. The summed E-state index contributed by atoms with van der Waals surface area (Å²) in [6.07, 6.45) is 1.68. The van der Waals surface area contributed by atoms with Crippen molar-refractivity contribution in [2.75, 3.05) is 17.6 Å². The quantitative estimate of drug-likeness (QED) is 0.692. The Kier molecular flexibility index (Phi) is 3.68. The monoisotopic (exact) mass is 244 g/mol. The van der Waals surface area contributed by atoms with Gasteiger partial charge in [-0.05, 0) is 30.2 Å². The molecule has 1 saturated heterocycles. The van der Waals surface area contributed by atoms with E-state index in [4.69, 9.17) is 11.0 Å². The van der Waals surface area contributed by atoms with Gasteiger partial charge in [0, 0.05) is 30.4 Å². The predicted molar refractivity (Wildman–Crippen MR) is 69.8 cm³/mol. The molecular weight excluding hydrogens is 228 g/mol. The summed E-state index contributed by atoms with van der Waals surface area (Å²) >= 11 is 0. The number of nitrogen functional groups attached to an aromatic ring is 1. The number of piperidine rings is 1. The number of anilines is 2. The first kappa shape index (κ1) is 12.2. The molecule has 4 N–H and O–H groups in total. The number of nitrogens with zero attached hydrogens (tertiary/aromatic N) is 1. The molecule has 1 amide bonds. The molecule has 2 rings (SSSR count). The summed E-state index contributed by atoms with van der Waals surface area (Å²) in [5.74, 6) is 0.107. The van der Waals surface area contributed by atoms with Crippen LogP contribution in [0.25, 0.3) is 0 Å². The van der Waals surface area contributed by atoms with E-state index in [2.05, 4.69) is 16.7 Å². The summed E-state index contributed by atoms with van der Waals surface area (Å²) in [4.78, 5) is 11.1. The maximum absolute atomic E-state index is 11.1. The summed E-state index contributed by atoms with van der Waals surface area (Å²) in [6.45, 7) is 0.636. The predicted octanol–water partition coefficient (Wildman–Crippen LogP) is 1.03. The average molecular weight is 244 g/mol. The third kappa shape index (κ3) is 2.92. The van der Waals surface area contributed by atoms with Gasteiger partial charge in [0.25, 0.3) is 0 Å². The Labute approximate surface area is 106 Å². The molecule has 1 heterocycles. The van der Waals surface area contributed by atoms with Crippen molar-refractivity contribution in [1.29, 1.82) is 5.26 Å². The van der Waals surface area contributed by atoms with Crippen molar-refractivity contribution < 1.29 is 4.79 Å². The third-order valence-corrected chi connectivity index (χ3v) is 3.05. The van der Waals surface area contributed by atoms with Crippen LogP contribution in [0.1, 0.15) is 18.4 Å². The smallest absolute Gasteiger partial charge is 0.220 e. The summed E-state index contributed by atoms with van der Waals surface area (Å²) in [5.41, 5.74) is 8.20. The van der Waals surface area contributed by atoms with Crippen LogP contribution in [0.4, 0.5) is 11.4 Å². The minimum atomic E-state index is 0.107. The van der Waals surface area contributed by atoms with Crippen molar-refractivity contribution in [1.82, 2.24) is 5.32 Å². The highest BCUT2D eigenvalue weighted by molar-refractivity contribution is 5.77. The van der Waals surface area contributed by atoms with Gasteiger partial charge in [0.05, 0.1) is 12.5 Å². The summed E-state index contributed by atoms with van der Waals surface area (Å²) in [7, 11) is 0. The van der Waals surface area contributed by atoms with Crippen molar-refractivity contribution in [2.45, 2.75) is 25.3 Å². The Morgan fingerprint density at radius 1 is 1.56 bits per heavy atom. The molecule has 1 aromatic rings. The highest BCUT2D eigenvalue weighted by Gasteiger charge is 2.17. The molecular formula is C13H16N4O. The van der Waals surface area contributed by atoms with Crippen LogP contribution in [0.3, 0.4) is 0 Å². The first-order valence-corrected chi connectivity index (χ1v) is 5.97. The van der Waals surface area contributed by atoms with Gasteiger partial charge in [0.2, 0.25) is 5.91 Å². The summed E-state index contributed by atoms with van der Waals surface area (Å²) < 4.78 is 0. The van der Waals surface area contributed by atoms with E-state index in [-0.39, 0.29) is 11.9 Å². The van der Waals surface area contributed by atoms with Crippen LogP contribution in [0.5, 0.6) is 0 Å². The lowest BCUT2D eigenvalue weighted by atomic mass is 10.1. The number of nitriles is 1. The molecule has 18 heavy (non-hydrogen) atoms. The number of nitrogens with two attached hydrogens (primary N) is 1. The van der Waals surface area contributed by atoms with E-state index in [0.29, 0.717) is 25.1 Å². The van der Waals surface area contributed by atoms with E-state index in [1.54, 1.807) is 6.07 Å². The van der Waals surface area contributed by atoms with Gasteiger partial charge in [-0.3, -0.25) is 4.79 Å². The number of benzene rings is 1. The molecule has 0 aliphatic carbocycles. The number of rotatable bonds is 3. The Bertz CT molecular complexity index is 482. The zero-order chi connectivity index (χ0) is 13.0. The van der Waals surface area contributed by atoms with Gasteiger partial charge >= 0.3 is 0 Å². The molecule has 0 bridgehead atoms. The molecule has 1 aliphatic rings. The van der Waals surface area contributed by atoms with Gasteiger partial charge < -0.3 is 16.4 Å². The van der Waals surface area contributed by atoms with Crippen LogP contribution in [0.15, 0.2) is 18.2 Å². The van der Waals surface area contributed by atoms with Crippen LogP contribution in [-0.4, -0.2) is 18.5 Å². The number of carbonyl (C=O) groups is 1. The first-order chi connectivity index (χ1) is 8.69. The van der Waals surface area contributed by atoms with Crippen LogP contribution < -0.4 is 16.4 Å². The minimum absolute atomic E-state index is 0.107. The maximum Gasteiger partial charge on any atom is 0.220 e. The average Bonchev–Trinajstić information content (AvgIpc) is 2.37. The zero-order valence-corrected chi connectivity index (χ0v) is 10.1. The molecule has 0 aromatic heterocycles. The van der Waals surface area contributed by atoms with Gasteiger partial charge in [-0.15, -0.1) is 0 Å². The molecule has 1 aromatic carbocycles. The van der Waals surface area contributed by atoms with Gasteiger partial charge in [-0.1, -0.05) is 0 Å². The zero-order valence-electron chi connectivity index (χ0n) is 10.1. The van der Waals surface area contributed by atoms with Crippen LogP contribution >= 0.6 is 0 Å².